The Bertz CT molecular complexity index is 483. The lowest BCUT2D eigenvalue weighted by Gasteiger charge is -2.16. The van der Waals surface area contributed by atoms with Crippen LogP contribution in [-0.2, 0) is 15.7 Å². The van der Waals surface area contributed by atoms with Crippen molar-refractivity contribution in [3.05, 3.63) is 29.3 Å². The van der Waals surface area contributed by atoms with Crippen molar-refractivity contribution >= 4 is 5.69 Å². The molecular formula is C13H15F3N2O2. The molecule has 110 valence electrons. The molecule has 0 aliphatic rings. The molecule has 0 fully saturated rings. The smallest absolute Gasteiger partial charge is 0.382 e. The van der Waals surface area contributed by atoms with E-state index in [-0.39, 0.29) is 6.10 Å². The maximum absolute atomic E-state index is 12.6. The Hall–Kier alpha value is -1.78. The van der Waals surface area contributed by atoms with E-state index in [1.54, 1.807) is 6.07 Å². The van der Waals surface area contributed by atoms with Crippen LogP contribution in [0.3, 0.4) is 0 Å². The minimum Gasteiger partial charge on any atom is -0.382 e. The van der Waals surface area contributed by atoms with E-state index in [2.05, 4.69) is 5.32 Å². The maximum Gasteiger partial charge on any atom is 0.417 e. The van der Waals surface area contributed by atoms with Crippen molar-refractivity contribution in [3.8, 4) is 6.07 Å². The molecule has 1 atom stereocenters. The van der Waals surface area contributed by atoms with Gasteiger partial charge in [0.05, 0.1) is 29.9 Å². The number of anilines is 1. The number of hydrogen-bond donors (Lipinski definition) is 1. The average Bonchev–Trinajstić information content (AvgIpc) is 2.41. The number of alkyl halides is 3. The molecule has 0 amide bonds. The summed E-state index contributed by atoms with van der Waals surface area (Å²) in [7, 11) is 3.04. The van der Waals surface area contributed by atoms with Crippen LogP contribution in [0.2, 0.25) is 0 Å². The van der Waals surface area contributed by atoms with Gasteiger partial charge < -0.3 is 14.8 Å². The lowest BCUT2D eigenvalue weighted by molar-refractivity contribution is -0.137. The van der Waals surface area contributed by atoms with Crippen LogP contribution in [0.25, 0.3) is 0 Å². The van der Waals surface area contributed by atoms with E-state index < -0.39 is 17.3 Å². The van der Waals surface area contributed by atoms with Crippen LogP contribution in [0.4, 0.5) is 18.9 Å². The zero-order valence-electron chi connectivity index (χ0n) is 11.1. The molecule has 7 heteroatoms. The molecule has 1 rings (SSSR count). The predicted octanol–water partition coefficient (Wildman–Crippen LogP) is 2.65. The Balaban J connectivity index is 2.81. The van der Waals surface area contributed by atoms with Gasteiger partial charge in [0.25, 0.3) is 0 Å². The van der Waals surface area contributed by atoms with E-state index in [9.17, 15) is 13.2 Å². The average molecular weight is 288 g/mol. The lowest BCUT2D eigenvalue weighted by atomic mass is 10.1. The van der Waals surface area contributed by atoms with Crippen LogP contribution in [0, 0.1) is 11.3 Å². The summed E-state index contributed by atoms with van der Waals surface area (Å²) < 4.78 is 47.9. The number of halogens is 3. The van der Waals surface area contributed by atoms with Gasteiger partial charge in [0, 0.05) is 26.5 Å². The summed E-state index contributed by atoms with van der Waals surface area (Å²) in [4.78, 5) is 0. The zero-order valence-corrected chi connectivity index (χ0v) is 11.1. The number of methoxy groups -OCH3 is 2. The summed E-state index contributed by atoms with van der Waals surface area (Å²) in [5.74, 6) is 0. The molecule has 0 bridgehead atoms. The second-order valence-electron chi connectivity index (χ2n) is 4.06. The summed E-state index contributed by atoms with van der Waals surface area (Å²) in [5, 5.41) is 11.7. The van der Waals surface area contributed by atoms with Crippen LogP contribution >= 0.6 is 0 Å². The highest BCUT2D eigenvalue weighted by Gasteiger charge is 2.33. The molecule has 0 spiro atoms. The molecule has 1 aromatic carbocycles. The van der Waals surface area contributed by atoms with Gasteiger partial charge in [0.2, 0.25) is 0 Å². The van der Waals surface area contributed by atoms with E-state index in [4.69, 9.17) is 14.7 Å². The topological polar surface area (TPSA) is 54.3 Å². The number of nitriles is 1. The van der Waals surface area contributed by atoms with Gasteiger partial charge in [-0.25, -0.2) is 0 Å². The van der Waals surface area contributed by atoms with Crippen molar-refractivity contribution < 1.29 is 22.6 Å². The first-order valence-corrected chi connectivity index (χ1v) is 5.79. The molecule has 20 heavy (non-hydrogen) atoms. The predicted molar refractivity (Wildman–Crippen MR) is 67.3 cm³/mol. The minimum absolute atomic E-state index is 0.229. The number of ether oxygens (including phenoxy) is 2. The monoisotopic (exact) mass is 288 g/mol. The van der Waals surface area contributed by atoms with Gasteiger partial charge in [-0.3, -0.25) is 0 Å². The van der Waals surface area contributed by atoms with Gasteiger partial charge in [-0.1, -0.05) is 0 Å². The molecule has 1 aromatic rings. The second-order valence-corrected chi connectivity index (χ2v) is 4.06. The van der Waals surface area contributed by atoms with Crippen molar-refractivity contribution in [1.82, 2.24) is 0 Å². The number of nitrogens with zero attached hydrogens (tertiary/aromatic N) is 1. The number of nitrogens with one attached hydrogen (secondary N) is 1. The SMILES string of the molecule is COCC(CNc1ccc(C(F)(F)F)c(C#N)c1)OC. The lowest BCUT2D eigenvalue weighted by Crippen LogP contribution is -2.26. The van der Waals surface area contributed by atoms with Gasteiger partial charge in [-0.05, 0) is 18.2 Å². The summed E-state index contributed by atoms with van der Waals surface area (Å²) >= 11 is 0. The maximum atomic E-state index is 12.6. The standard InChI is InChI=1S/C13H15F3N2O2/c1-19-8-11(20-2)7-18-10-3-4-12(13(14,15)16)9(5-10)6-17/h3-5,11,18H,7-8H2,1-2H3. The van der Waals surface area contributed by atoms with E-state index in [0.29, 0.717) is 18.8 Å². The van der Waals surface area contributed by atoms with Crippen molar-refractivity contribution in [3.63, 3.8) is 0 Å². The third-order valence-electron chi connectivity index (χ3n) is 2.67. The Morgan fingerprint density at radius 1 is 1.35 bits per heavy atom. The second kappa shape index (κ2) is 7.12. The van der Waals surface area contributed by atoms with Crippen LogP contribution in [0.5, 0.6) is 0 Å². The molecule has 0 saturated carbocycles. The molecule has 1 unspecified atom stereocenters. The van der Waals surface area contributed by atoms with Gasteiger partial charge >= 0.3 is 6.18 Å². The van der Waals surface area contributed by atoms with Crippen LogP contribution in [-0.4, -0.2) is 33.5 Å². The zero-order chi connectivity index (χ0) is 15.2. The van der Waals surface area contributed by atoms with Crippen molar-refractivity contribution in [2.45, 2.75) is 12.3 Å². The molecule has 0 saturated heterocycles. The molecule has 4 nitrogen and oxygen atoms in total. The van der Waals surface area contributed by atoms with Crippen molar-refractivity contribution in [1.29, 1.82) is 5.26 Å². The van der Waals surface area contributed by atoms with Gasteiger partial charge in [-0.15, -0.1) is 0 Å². The van der Waals surface area contributed by atoms with E-state index in [0.717, 1.165) is 6.07 Å². The Morgan fingerprint density at radius 2 is 2.05 bits per heavy atom. The van der Waals surface area contributed by atoms with Gasteiger partial charge in [-0.2, -0.15) is 18.4 Å². The normalized spacial score (nSPS) is 12.8. The molecule has 0 aliphatic carbocycles. The quantitative estimate of drug-likeness (QED) is 0.874. The summed E-state index contributed by atoms with van der Waals surface area (Å²) in [6.07, 6.45) is -4.76. The van der Waals surface area contributed by atoms with Crippen LogP contribution in [0.1, 0.15) is 11.1 Å². The van der Waals surface area contributed by atoms with Crippen LogP contribution in [0.15, 0.2) is 18.2 Å². The Kier molecular flexibility index (Phi) is 5.80. The molecule has 0 aliphatic heterocycles. The molecule has 0 radical (unpaired) electrons. The fourth-order valence-electron chi connectivity index (χ4n) is 1.62. The third kappa shape index (κ3) is 4.40. The largest absolute Gasteiger partial charge is 0.417 e. The fourth-order valence-corrected chi connectivity index (χ4v) is 1.62. The highest BCUT2D eigenvalue weighted by molar-refractivity contribution is 5.53. The number of benzene rings is 1. The first-order chi connectivity index (χ1) is 9.42. The number of hydrogen-bond acceptors (Lipinski definition) is 4. The highest BCUT2D eigenvalue weighted by atomic mass is 19.4. The number of rotatable bonds is 6. The first-order valence-electron chi connectivity index (χ1n) is 5.79. The summed E-state index contributed by atoms with van der Waals surface area (Å²) in [5.41, 5.74) is -0.929. The summed E-state index contributed by atoms with van der Waals surface area (Å²) in [6, 6.07) is 4.89. The molecule has 0 aromatic heterocycles. The first kappa shape index (κ1) is 16.3. The summed E-state index contributed by atoms with van der Waals surface area (Å²) in [6.45, 7) is 0.718. The molecule has 1 N–H and O–H groups in total. The van der Waals surface area contributed by atoms with Gasteiger partial charge in [0.1, 0.15) is 0 Å². The fraction of sp³-hybridized carbons (Fsp3) is 0.462. The Labute approximate surface area is 115 Å². The third-order valence-corrected chi connectivity index (χ3v) is 2.67. The molecular weight excluding hydrogens is 273 g/mol. The van der Waals surface area contributed by atoms with E-state index in [1.807, 2.05) is 0 Å². The highest BCUT2D eigenvalue weighted by Crippen LogP contribution is 2.32. The Morgan fingerprint density at radius 3 is 2.55 bits per heavy atom. The minimum atomic E-state index is -4.53. The van der Waals surface area contributed by atoms with E-state index >= 15 is 0 Å². The van der Waals surface area contributed by atoms with Gasteiger partial charge in [0.15, 0.2) is 0 Å². The van der Waals surface area contributed by atoms with Crippen molar-refractivity contribution in [2.24, 2.45) is 0 Å². The molecule has 0 heterocycles. The van der Waals surface area contributed by atoms with Crippen molar-refractivity contribution in [2.75, 3.05) is 32.7 Å². The van der Waals surface area contributed by atoms with E-state index in [1.165, 1.54) is 26.4 Å². The van der Waals surface area contributed by atoms with Crippen LogP contribution < -0.4 is 5.32 Å².